The van der Waals surface area contributed by atoms with E-state index in [-0.39, 0.29) is 41.6 Å². The number of piperazine rings is 1. The largest absolute Gasteiger partial charge is 0.360 e. The van der Waals surface area contributed by atoms with E-state index in [0.717, 1.165) is 10.4 Å². The molecule has 1 amide bonds. The fourth-order valence-electron chi connectivity index (χ4n) is 3.95. The van der Waals surface area contributed by atoms with Crippen LogP contribution in [0.5, 0.6) is 0 Å². The number of thiophene rings is 1. The number of hydrogen-bond donors (Lipinski definition) is 1. The highest BCUT2D eigenvalue weighted by molar-refractivity contribution is 7.89. The third-order valence-corrected chi connectivity index (χ3v) is 9.07. The number of nitrogens with one attached hydrogen (secondary N) is 1. The molecule has 0 spiro atoms. The highest BCUT2D eigenvalue weighted by atomic mass is 32.2. The van der Waals surface area contributed by atoms with Crippen LogP contribution < -0.4 is 5.56 Å². The Hall–Kier alpha value is -2.57. The molecule has 3 aromatic heterocycles. The number of carbonyl (C=O) groups is 1. The maximum absolute atomic E-state index is 12.9. The number of aryl methyl sites for hydroxylation is 5. The molecule has 1 fully saturated rings. The summed E-state index contributed by atoms with van der Waals surface area (Å²) < 4.78 is 32.2. The normalized spacial score (nSPS) is 15.6. The number of amides is 1. The van der Waals surface area contributed by atoms with Crippen molar-refractivity contribution in [3.63, 3.8) is 0 Å². The topological polar surface area (TPSA) is 129 Å². The number of fused-ring (bicyclic) bond motifs is 1. The lowest BCUT2D eigenvalue weighted by Crippen LogP contribution is -2.50. The van der Waals surface area contributed by atoms with Crippen LogP contribution in [0.4, 0.5) is 0 Å². The molecular weight excluding hydrogens is 454 g/mol. The zero-order valence-electron chi connectivity index (χ0n) is 18.4. The number of hydrogen-bond acceptors (Lipinski definition) is 8. The first-order chi connectivity index (χ1) is 15.1. The standard InChI is InChI=1S/C20H25N5O5S2/c1-11-14(4)31-20-17(11)19(27)21-15(22-20)5-6-16(26)24-7-9-25(10-8-24)32(28,29)18-12(2)23-30-13(18)3/h5-10H2,1-4H3,(H,21,22,27). The summed E-state index contributed by atoms with van der Waals surface area (Å²) in [6, 6.07) is 0. The molecule has 1 saturated heterocycles. The lowest BCUT2D eigenvalue weighted by atomic mass is 10.2. The van der Waals surface area contributed by atoms with Crippen molar-refractivity contribution >= 4 is 37.5 Å². The molecule has 172 valence electrons. The van der Waals surface area contributed by atoms with Crippen molar-refractivity contribution in [3.8, 4) is 0 Å². The van der Waals surface area contributed by atoms with Gasteiger partial charge in [-0.15, -0.1) is 11.3 Å². The number of sulfonamides is 1. The maximum atomic E-state index is 12.9. The van der Waals surface area contributed by atoms with Gasteiger partial charge in [0.15, 0.2) is 5.76 Å². The van der Waals surface area contributed by atoms with E-state index in [2.05, 4.69) is 15.1 Å². The molecule has 4 heterocycles. The van der Waals surface area contributed by atoms with Crippen molar-refractivity contribution in [2.24, 2.45) is 0 Å². The van der Waals surface area contributed by atoms with Gasteiger partial charge in [0.1, 0.15) is 21.2 Å². The van der Waals surface area contributed by atoms with Gasteiger partial charge in [-0.2, -0.15) is 4.31 Å². The molecule has 0 unspecified atom stereocenters. The third kappa shape index (κ3) is 3.97. The fraction of sp³-hybridized carbons (Fsp3) is 0.500. The van der Waals surface area contributed by atoms with E-state index in [1.165, 1.54) is 15.6 Å². The number of carbonyl (C=O) groups excluding carboxylic acids is 1. The Morgan fingerprint density at radius 3 is 2.47 bits per heavy atom. The Kier molecular flexibility index (Phi) is 5.94. The average Bonchev–Trinajstić information content (AvgIpc) is 3.24. The monoisotopic (exact) mass is 479 g/mol. The van der Waals surface area contributed by atoms with E-state index >= 15 is 0 Å². The van der Waals surface area contributed by atoms with E-state index in [1.807, 2.05) is 13.8 Å². The lowest BCUT2D eigenvalue weighted by Gasteiger charge is -2.34. The summed E-state index contributed by atoms with van der Waals surface area (Å²) in [5.74, 6) is 0.646. The minimum absolute atomic E-state index is 0.0966. The van der Waals surface area contributed by atoms with Gasteiger partial charge >= 0.3 is 0 Å². The minimum atomic E-state index is -3.72. The molecule has 32 heavy (non-hydrogen) atoms. The van der Waals surface area contributed by atoms with Crippen molar-refractivity contribution in [1.82, 2.24) is 24.3 Å². The van der Waals surface area contributed by atoms with E-state index in [1.54, 1.807) is 18.7 Å². The highest BCUT2D eigenvalue weighted by Crippen LogP contribution is 2.26. The summed E-state index contributed by atoms with van der Waals surface area (Å²) in [4.78, 5) is 35.9. The molecule has 0 atom stereocenters. The van der Waals surface area contributed by atoms with Crippen LogP contribution in [0.2, 0.25) is 0 Å². The number of rotatable bonds is 5. The van der Waals surface area contributed by atoms with Crippen molar-refractivity contribution in [3.05, 3.63) is 38.1 Å². The van der Waals surface area contributed by atoms with Gasteiger partial charge in [-0.3, -0.25) is 9.59 Å². The number of aromatic nitrogens is 3. The quantitative estimate of drug-likeness (QED) is 0.589. The van der Waals surface area contributed by atoms with E-state index in [4.69, 9.17) is 4.52 Å². The average molecular weight is 480 g/mol. The highest BCUT2D eigenvalue weighted by Gasteiger charge is 2.34. The van der Waals surface area contributed by atoms with Crippen LogP contribution in [0.3, 0.4) is 0 Å². The van der Waals surface area contributed by atoms with Crippen LogP contribution in [-0.4, -0.2) is 64.8 Å². The van der Waals surface area contributed by atoms with Gasteiger partial charge in [-0.25, -0.2) is 13.4 Å². The first kappa shape index (κ1) is 22.6. The molecule has 10 nitrogen and oxygen atoms in total. The van der Waals surface area contributed by atoms with Gasteiger partial charge in [-0.05, 0) is 33.3 Å². The molecule has 3 aromatic rings. The smallest absolute Gasteiger partial charge is 0.259 e. The third-order valence-electron chi connectivity index (χ3n) is 5.82. The van der Waals surface area contributed by atoms with Crippen LogP contribution in [0.1, 0.15) is 34.1 Å². The predicted octanol–water partition coefficient (Wildman–Crippen LogP) is 1.67. The van der Waals surface area contributed by atoms with E-state index < -0.39 is 10.0 Å². The first-order valence-electron chi connectivity index (χ1n) is 10.3. The zero-order chi connectivity index (χ0) is 23.2. The van der Waals surface area contributed by atoms with Crippen LogP contribution in [0.15, 0.2) is 14.2 Å². The molecule has 1 aliphatic heterocycles. The van der Waals surface area contributed by atoms with Crippen molar-refractivity contribution in [2.45, 2.75) is 45.4 Å². The Morgan fingerprint density at radius 2 is 1.84 bits per heavy atom. The summed E-state index contributed by atoms with van der Waals surface area (Å²) in [5, 5.41) is 4.34. The van der Waals surface area contributed by atoms with Gasteiger partial charge < -0.3 is 14.4 Å². The Morgan fingerprint density at radius 1 is 1.16 bits per heavy atom. The number of nitrogens with zero attached hydrogens (tertiary/aromatic N) is 4. The summed E-state index contributed by atoms with van der Waals surface area (Å²) in [5.41, 5.74) is 1.08. The number of H-pyrrole nitrogens is 1. The van der Waals surface area contributed by atoms with Crippen LogP contribution in [-0.2, 0) is 21.2 Å². The molecule has 0 aliphatic carbocycles. The van der Waals surface area contributed by atoms with Gasteiger partial charge in [0.05, 0.1) is 5.39 Å². The first-order valence-corrected chi connectivity index (χ1v) is 12.5. The van der Waals surface area contributed by atoms with Gasteiger partial charge in [0.25, 0.3) is 5.56 Å². The lowest BCUT2D eigenvalue weighted by molar-refractivity contribution is -0.132. The zero-order valence-corrected chi connectivity index (χ0v) is 20.0. The second kappa shape index (κ2) is 8.41. The molecule has 12 heteroatoms. The molecule has 1 aliphatic rings. The predicted molar refractivity (Wildman–Crippen MR) is 119 cm³/mol. The van der Waals surface area contributed by atoms with Gasteiger partial charge in [-0.1, -0.05) is 5.16 Å². The van der Waals surface area contributed by atoms with Gasteiger partial charge in [0.2, 0.25) is 15.9 Å². The Labute approximate surface area is 189 Å². The van der Waals surface area contributed by atoms with Crippen molar-refractivity contribution in [1.29, 1.82) is 0 Å². The summed E-state index contributed by atoms with van der Waals surface area (Å²) in [7, 11) is -3.72. The maximum Gasteiger partial charge on any atom is 0.259 e. The van der Waals surface area contributed by atoms with Crippen molar-refractivity contribution in [2.75, 3.05) is 26.2 Å². The van der Waals surface area contributed by atoms with Crippen LogP contribution in [0.25, 0.3) is 10.2 Å². The second-order valence-corrected chi connectivity index (χ2v) is 11.0. The molecule has 0 bridgehead atoms. The summed E-state index contributed by atoms with van der Waals surface area (Å²) >= 11 is 1.47. The molecule has 4 rings (SSSR count). The molecule has 0 saturated carbocycles. The molecular formula is C20H25N5O5S2. The minimum Gasteiger partial charge on any atom is -0.360 e. The SMILES string of the molecule is Cc1noc(C)c1S(=O)(=O)N1CCN(C(=O)CCc2nc3sc(C)c(C)c3c(=O)[nH]2)CC1. The van der Waals surface area contributed by atoms with E-state index in [0.29, 0.717) is 41.2 Å². The fourth-order valence-corrected chi connectivity index (χ4v) is 6.71. The molecule has 1 N–H and O–H groups in total. The van der Waals surface area contributed by atoms with Gasteiger partial charge in [0, 0.05) is 43.9 Å². The van der Waals surface area contributed by atoms with Crippen LogP contribution >= 0.6 is 11.3 Å². The second-order valence-electron chi connectivity index (χ2n) is 7.91. The van der Waals surface area contributed by atoms with E-state index in [9.17, 15) is 18.0 Å². The molecule has 0 aromatic carbocycles. The Bertz CT molecular complexity index is 1330. The number of aromatic amines is 1. The van der Waals surface area contributed by atoms with Crippen molar-refractivity contribution < 1.29 is 17.7 Å². The molecule has 0 radical (unpaired) electrons. The van der Waals surface area contributed by atoms with Crippen LogP contribution in [0, 0.1) is 27.7 Å². The summed E-state index contributed by atoms with van der Waals surface area (Å²) in [6.45, 7) is 8.02. The summed E-state index contributed by atoms with van der Waals surface area (Å²) in [6.07, 6.45) is 0.506. The Balaban J connectivity index is 1.38.